The molecule has 0 spiro atoms. The first-order chi connectivity index (χ1) is 8.29. The van der Waals surface area contributed by atoms with Gasteiger partial charge in [0.05, 0.1) is 5.56 Å². The van der Waals surface area contributed by atoms with Gasteiger partial charge < -0.3 is 10.6 Å². The second-order valence-corrected chi connectivity index (χ2v) is 3.90. The average Bonchev–Trinajstić information content (AvgIpc) is 2.26. The molecule has 18 heavy (non-hydrogen) atoms. The second-order valence-electron chi connectivity index (χ2n) is 3.90. The number of amides is 2. The molecule has 1 aromatic rings. The standard InChI is InChI=1S/C12H13F3N2O/c1-8(2)7-16-11(18)17-10-5-3-9(4-6-10)12(13,14)15/h3-7H,1-2H3,(H2,16,17,18). The molecule has 3 nitrogen and oxygen atoms in total. The molecule has 0 saturated carbocycles. The van der Waals surface area contributed by atoms with Gasteiger partial charge in [-0.1, -0.05) is 5.57 Å². The van der Waals surface area contributed by atoms with Crippen LogP contribution in [0.25, 0.3) is 0 Å². The molecule has 98 valence electrons. The zero-order chi connectivity index (χ0) is 13.8. The minimum absolute atomic E-state index is 0.294. The summed E-state index contributed by atoms with van der Waals surface area (Å²) in [7, 11) is 0. The predicted octanol–water partition coefficient (Wildman–Crippen LogP) is 3.75. The van der Waals surface area contributed by atoms with Crippen LogP contribution in [0.4, 0.5) is 23.7 Å². The topological polar surface area (TPSA) is 41.1 Å². The molecule has 1 aromatic carbocycles. The van der Waals surface area contributed by atoms with Crippen LogP contribution in [-0.2, 0) is 6.18 Å². The molecular formula is C12H13F3N2O. The number of nitrogens with one attached hydrogen (secondary N) is 2. The number of alkyl halides is 3. The summed E-state index contributed by atoms with van der Waals surface area (Å²) in [5, 5.41) is 4.86. The minimum Gasteiger partial charge on any atom is -0.314 e. The maximum Gasteiger partial charge on any atom is 0.416 e. The fourth-order valence-corrected chi connectivity index (χ4v) is 1.12. The van der Waals surface area contributed by atoms with Crippen molar-refractivity contribution in [2.45, 2.75) is 20.0 Å². The highest BCUT2D eigenvalue weighted by Gasteiger charge is 2.29. The number of allylic oxidation sites excluding steroid dienone is 1. The van der Waals surface area contributed by atoms with Gasteiger partial charge in [0.1, 0.15) is 0 Å². The van der Waals surface area contributed by atoms with E-state index in [1.165, 1.54) is 18.3 Å². The molecule has 0 heterocycles. The fourth-order valence-electron chi connectivity index (χ4n) is 1.12. The Bertz CT molecular complexity index is 445. The van der Waals surface area contributed by atoms with E-state index in [2.05, 4.69) is 10.6 Å². The maximum atomic E-state index is 12.3. The molecule has 6 heteroatoms. The molecular weight excluding hydrogens is 245 g/mol. The molecule has 0 aliphatic rings. The van der Waals surface area contributed by atoms with Crippen LogP contribution < -0.4 is 10.6 Å². The second kappa shape index (κ2) is 5.57. The van der Waals surface area contributed by atoms with Gasteiger partial charge in [-0.25, -0.2) is 4.79 Å². The summed E-state index contributed by atoms with van der Waals surface area (Å²) in [4.78, 5) is 11.3. The lowest BCUT2D eigenvalue weighted by atomic mass is 10.2. The highest BCUT2D eigenvalue weighted by molar-refractivity contribution is 5.89. The van der Waals surface area contributed by atoms with Crippen LogP contribution in [0.2, 0.25) is 0 Å². The van der Waals surface area contributed by atoms with Crippen LogP contribution in [0.1, 0.15) is 19.4 Å². The number of benzene rings is 1. The lowest BCUT2D eigenvalue weighted by Gasteiger charge is -2.08. The number of carbonyl (C=O) groups is 1. The lowest BCUT2D eigenvalue weighted by Crippen LogP contribution is -2.24. The van der Waals surface area contributed by atoms with Crippen molar-refractivity contribution in [3.8, 4) is 0 Å². The van der Waals surface area contributed by atoms with Gasteiger partial charge >= 0.3 is 12.2 Å². The van der Waals surface area contributed by atoms with E-state index >= 15 is 0 Å². The number of hydrogen-bond acceptors (Lipinski definition) is 1. The summed E-state index contributed by atoms with van der Waals surface area (Å²) >= 11 is 0. The van der Waals surface area contributed by atoms with Crippen molar-refractivity contribution in [1.82, 2.24) is 5.32 Å². The zero-order valence-corrected chi connectivity index (χ0v) is 9.93. The van der Waals surface area contributed by atoms with Crippen LogP contribution in [0.3, 0.4) is 0 Å². The van der Waals surface area contributed by atoms with Gasteiger partial charge in [0.2, 0.25) is 0 Å². The fraction of sp³-hybridized carbons (Fsp3) is 0.250. The number of urea groups is 1. The molecule has 0 aliphatic carbocycles. The SMILES string of the molecule is CC(C)=CNC(=O)Nc1ccc(C(F)(F)F)cc1. The lowest BCUT2D eigenvalue weighted by molar-refractivity contribution is -0.137. The first-order valence-corrected chi connectivity index (χ1v) is 5.17. The van der Waals surface area contributed by atoms with Crippen LogP contribution in [-0.4, -0.2) is 6.03 Å². The largest absolute Gasteiger partial charge is 0.416 e. The van der Waals surface area contributed by atoms with Crippen molar-refractivity contribution in [1.29, 1.82) is 0 Å². The van der Waals surface area contributed by atoms with Gasteiger partial charge in [-0.15, -0.1) is 0 Å². The summed E-state index contributed by atoms with van der Waals surface area (Å²) in [5.41, 5.74) is 0.443. The first-order valence-electron chi connectivity index (χ1n) is 5.17. The van der Waals surface area contributed by atoms with Crippen molar-refractivity contribution >= 4 is 11.7 Å². The first kappa shape index (κ1) is 14.1. The smallest absolute Gasteiger partial charge is 0.314 e. The molecule has 0 radical (unpaired) electrons. The van der Waals surface area contributed by atoms with Crippen molar-refractivity contribution < 1.29 is 18.0 Å². The molecule has 0 fully saturated rings. The summed E-state index contributed by atoms with van der Waals surface area (Å²) < 4.78 is 36.9. The van der Waals surface area contributed by atoms with Crippen LogP contribution in [0.5, 0.6) is 0 Å². The van der Waals surface area contributed by atoms with E-state index in [1.54, 1.807) is 13.8 Å². The normalized spacial score (nSPS) is 10.7. The van der Waals surface area contributed by atoms with Gasteiger partial charge in [-0.3, -0.25) is 0 Å². The van der Waals surface area contributed by atoms with Crippen LogP contribution in [0, 0.1) is 0 Å². The van der Waals surface area contributed by atoms with Gasteiger partial charge in [0.15, 0.2) is 0 Å². The van der Waals surface area contributed by atoms with Gasteiger partial charge in [-0.05, 0) is 38.1 Å². The van der Waals surface area contributed by atoms with Crippen molar-refractivity contribution in [2.75, 3.05) is 5.32 Å². The van der Waals surface area contributed by atoms with Crippen molar-refractivity contribution in [3.63, 3.8) is 0 Å². The van der Waals surface area contributed by atoms with E-state index < -0.39 is 17.8 Å². The molecule has 0 aliphatic heterocycles. The Morgan fingerprint density at radius 1 is 1.17 bits per heavy atom. The number of halogens is 3. The summed E-state index contributed by atoms with van der Waals surface area (Å²) in [6.45, 7) is 3.61. The highest BCUT2D eigenvalue weighted by Crippen LogP contribution is 2.29. The van der Waals surface area contributed by atoms with Gasteiger partial charge in [0.25, 0.3) is 0 Å². The quantitative estimate of drug-likeness (QED) is 0.833. The molecule has 1 rings (SSSR count). The number of hydrogen-bond donors (Lipinski definition) is 2. The predicted molar refractivity (Wildman–Crippen MR) is 63.0 cm³/mol. The Hall–Kier alpha value is -1.98. The van der Waals surface area contributed by atoms with Crippen LogP contribution >= 0.6 is 0 Å². The third-order valence-electron chi connectivity index (χ3n) is 1.96. The Labute approximate surface area is 103 Å². The van der Waals surface area contributed by atoms with E-state index in [0.29, 0.717) is 5.69 Å². The van der Waals surface area contributed by atoms with Gasteiger partial charge in [0, 0.05) is 11.9 Å². The van der Waals surface area contributed by atoms with Crippen molar-refractivity contribution in [3.05, 3.63) is 41.6 Å². The molecule has 0 atom stereocenters. The van der Waals surface area contributed by atoms with Gasteiger partial charge in [-0.2, -0.15) is 13.2 Å². The number of anilines is 1. The monoisotopic (exact) mass is 258 g/mol. The third kappa shape index (κ3) is 4.48. The zero-order valence-electron chi connectivity index (χ0n) is 9.93. The maximum absolute atomic E-state index is 12.3. The molecule has 0 unspecified atom stereocenters. The summed E-state index contributed by atoms with van der Waals surface area (Å²) in [5.74, 6) is 0. The Morgan fingerprint density at radius 2 is 1.72 bits per heavy atom. The Balaban J connectivity index is 2.64. The summed E-state index contributed by atoms with van der Waals surface area (Å²) in [6.07, 6.45) is -2.87. The molecule has 0 bridgehead atoms. The summed E-state index contributed by atoms with van der Waals surface area (Å²) in [6, 6.07) is 3.72. The minimum atomic E-state index is -4.37. The third-order valence-corrected chi connectivity index (χ3v) is 1.96. The van der Waals surface area contributed by atoms with Crippen LogP contribution in [0.15, 0.2) is 36.0 Å². The Kier molecular flexibility index (Phi) is 4.36. The van der Waals surface area contributed by atoms with E-state index in [9.17, 15) is 18.0 Å². The molecule has 2 amide bonds. The molecule has 0 aromatic heterocycles. The van der Waals surface area contributed by atoms with E-state index in [0.717, 1.165) is 17.7 Å². The Morgan fingerprint density at radius 3 is 2.17 bits per heavy atom. The van der Waals surface area contributed by atoms with E-state index in [1.807, 2.05) is 0 Å². The number of rotatable bonds is 2. The van der Waals surface area contributed by atoms with E-state index in [4.69, 9.17) is 0 Å². The molecule has 0 saturated heterocycles. The number of carbonyl (C=O) groups excluding carboxylic acids is 1. The van der Waals surface area contributed by atoms with Crippen molar-refractivity contribution in [2.24, 2.45) is 0 Å². The highest BCUT2D eigenvalue weighted by atomic mass is 19.4. The molecule has 2 N–H and O–H groups in total. The average molecular weight is 258 g/mol. The van der Waals surface area contributed by atoms with E-state index in [-0.39, 0.29) is 0 Å².